The van der Waals surface area contributed by atoms with Gasteiger partial charge in [-0.15, -0.1) is 11.3 Å². The maximum Gasteiger partial charge on any atom is 0.230 e. The fourth-order valence-electron chi connectivity index (χ4n) is 4.55. The van der Waals surface area contributed by atoms with Gasteiger partial charge in [-0.2, -0.15) is 5.26 Å². The summed E-state index contributed by atoms with van der Waals surface area (Å²) >= 11 is 1.50. The minimum atomic E-state index is -3.26. The fraction of sp³-hybridized carbons (Fsp3) is 0.370. The van der Waals surface area contributed by atoms with E-state index in [9.17, 15) is 13.2 Å². The zero-order valence-corrected chi connectivity index (χ0v) is 22.5. The van der Waals surface area contributed by atoms with E-state index in [2.05, 4.69) is 37.1 Å². The second kappa shape index (κ2) is 10.1. The number of nitrogens with zero attached hydrogens (tertiary/aromatic N) is 3. The molecule has 1 aliphatic rings. The number of hydrogen-bond donors (Lipinski definition) is 1. The number of anilines is 1. The van der Waals surface area contributed by atoms with Crippen LogP contribution in [-0.2, 0) is 34.1 Å². The molecule has 0 bridgehead atoms. The number of thiazole rings is 1. The predicted molar refractivity (Wildman–Crippen MR) is 141 cm³/mol. The van der Waals surface area contributed by atoms with Crippen LogP contribution in [-0.4, -0.2) is 30.0 Å². The Hall–Kier alpha value is -3.06. The van der Waals surface area contributed by atoms with Crippen molar-refractivity contribution in [2.45, 2.75) is 58.1 Å². The zero-order valence-electron chi connectivity index (χ0n) is 20.9. The lowest BCUT2D eigenvalue weighted by Crippen LogP contribution is -2.32. The number of aromatic nitrogens is 1. The third kappa shape index (κ3) is 5.67. The Morgan fingerprint density at radius 2 is 1.78 bits per heavy atom. The van der Waals surface area contributed by atoms with E-state index in [4.69, 9.17) is 10.2 Å². The molecule has 0 spiro atoms. The molecule has 1 aliphatic heterocycles. The molecule has 4 rings (SSSR count). The van der Waals surface area contributed by atoms with Crippen molar-refractivity contribution in [3.63, 3.8) is 0 Å². The minimum absolute atomic E-state index is 0.0437. The van der Waals surface area contributed by atoms with E-state index < -0.39 is 9.84 Å². The molecular weight excluding hydrogens is 492 g/mol. The standard InChI is InChI=1S/C27H30N4O3S2/c1-5-36(33,34)21-12-10-18(11-13-21)14-23(32)29-26-30-24-22(35-26)17-31(25(24)27(2,3)4)16-20-8-6-19(15-28)7-9-20/h6-13,25H,5,14,16-17H2,1-4H3,(H,29,30,32)/t25-/m0/s1. The molecule has 0 fully saturated rings. The first kappa shape index (κ1) is 26.0. The minimum Gasteiger partial charge on any atom is -0.302 e. The molecule has 1 aromatic heterocycles. The van der Waals surface area contributed by atoms with Crippen LogP contribution in [0, 0.1) is 16.7 Å². The van der Waals surface area contributed by atoms with Crippen LogP contribution in [0.5, 0.6) is 0 Å². The van der Waals surface area contributed by atoms with E-state index in [-0.39, 0.29) is 34.4 Å². The largest absolute Gasteiger partial charge is 0.302 e. The molecule has 188 valence electrons. The van der Waals surface area contributed by atoms with Crippen molar-refractivity contribution in [3.8, 4) is 6.07 Å². The third-order valence-corrected chi connectivity index (χ3v) is 8.98. The van der Waals surface area contributed by atoms with E-state index in [1.165, 1.54) is 11.3 Å². The second-order valence-electron chi connectivity index (χ2n) is 10.1. The highest BCUT2D eigenvalue weighted by Gasteiger charge is 2.41. The summed E-state index contributed by atoms with van der Waals surface area (Å²) in [5, 5.41) is 12.6. The number of amides is 1. The van der Waals surface area contributed by atoms with Crippen LogP contribution in [0.1, 0.15) is 61.0 Å². The highest BCUT2D eigenvalue weighted by molar-refractivity contribution is 7.91. The summed E-state index contributed by atoms with van der Waals surface area (Å²) in [7, 11) is -3.26. The van der Waals surface area contributed by atoms with Crippen molar-refractivity contribution in [1.82, 2.24) is 9.88 Å². The van der Waals surface area contributed by atoms with Crippen molar-refractivity contribution < 1.29 is 13.2 Å². The lowest BCUT2D eigenvalue weighted by molar-refractivity contribution is -0.115. The van der Waals surface area contributed by atoms with E-state index in [1.54, 1.807) is 31.2 Å². The van der Waals surface area contributed by atoms with Gasteiger partial charge in [0.15, 0.2) is 15.0 Å². The Morgan fingerprint density at radius 3 is 2.36 bits per heavy atom. The summed E-state index contributed by atoms with van der Waals surface area (Å²) in [6.07, 6.45) is 0.143. The number of nitriles is 1. The van der Waals surface area contributed by atoms with Gasteiger partial charge in [0, 0.05) is 18.0 Å². The smallest absolute Gasteiger partial charge is 0.230 e. The molecule has 2 aromatic carbocycles. The molecule has 2 heterocycles. The molecule has 0 unspecified atom stereocenters. The van der Waals surface area contributed by atoms with E-state index >= 15 is 0 Å². The van der Waals surface area contributed by atoms with Gasteiger partial charge in [-0.1, -0.05) is 52.0 Å². The molecule has 1 atom stereocenters. The first-order chi connectivity index (χ1) is 17.0. The first-order valence-electron chi connectivity index (χ1n) is 11.8. The summed E-state index contributed by atoms with van der Waals surface area (Å²) in [4.78, 5) is 21.3. The Bertz CT molecular complexity index is 1400. The predicted octanol–water partition coefficient (Wildman–Crippen LogP) is 5.09. The van der Waals surface area contributed by atoms with Crippen molar-refractivity contribution in [1.29, 1.82) is 5.26 Å². The van der Waals surface area contributed by atoms with Crippen molar-refractivity contribution >= 4 is 32.2 Å². The molecule has 36 heavy (non-hydrogen) atoms. The van der Waals surface area contributed by atoms with E-state index in [0.29, 0.717) is 10.7 Å². The van der Waals surface area contributed by atoms with Crippen LogP contribution in [0.2, 0.25) is 0 Å². The van der Waals surface area contributed by atoms with Gasteiger partial charge < -0.3 is 5.32 Å². The lowest BCUT2D eigenvalue weighted by Gasteiger charge is -2.35. The normalized spacial score (nSPS) is 15.9. The topological polar surface area (TPSA) is 103 Å². The number of carbonyl (C=O) groups is 1. The fourth-order valence-corrected chi connectivity index (χ4v) is 6.47. The summed E-state index contributed by atoms with van der Waals surface area (Å²) in [6, 6.07) is 16.4. The second-order valence-corrected chi connectivity index (χ2v) is 13.4. The molecule has 0 radical (unpaired) electrons. The van der Waals surface area contributed by atoms with Gasteiger partial charge >= 0.3 is 0 Å². The summed E-state index contributed by atoms with van der Waals surface area (Å²) in [5.74, 6) is -0.141. The number of sulfone groups is 1. The number of benzene rings is 2. The van der Waals surface area contributed by atoms with Gasteiger partial charge in [0.2, 0.25) is 5.91 Å². The number of hydrogen-bond acceptors (Lipinski definition) is 7. The maximum atomic E-state index is 12.7. The van der Waals surface area contributed by atoms with Crippen LogP contribution in [0.15, 0.2) is 53.4 Å². The van der Waals surface area contributed by atoms with Crippen molar-refractivity contribution in [3.05, 3.63) is 75.8 Å². The van der Waals surface area contributed by atoms with E-state index in [1.807, 2.05) is 24.3 Å². The number of rotatable bonds is 7. The average molecular weight is 523 g/mol. The van der Waals surface area contributed by atoms with Crippen LogP contribution < -0.4 is 5.32 Å². The molecule has 0 aliphatic carbocycles. The lowest BCUT2D eigenvalue weighted by atomic mass is 9.85. The SMILES string of the molecule is CCS(=O)(=O)c1ccc(CC(=O)Nc2nc3c(s2)CN(Cc2ccc(C#N)cc2)[C@@H]3C(C)(C)C)cc1. The molecule has 3 aromatic rings. The number of carbonyl (C=O) groups excluding carboxylic acids is 1. The summed E-state index contributed by atoms with van der Waals surface area (Å²) < 4.78 is 24.0. The highest BCUT2D eigenvalue weighted by Crippen LogP contribution is 2.47. The maximum absolute atomic E-state index is 12.7. The molecule has 9 heteroatoms. The summed E-state index contributed by atoms with van der Waals surface area (Å²) in [6.45, 7) is 9.69. The Kier molecular flexibility index (Phi) is 7.32. The first-order valence-corrected chi connectivity index (χ1v) is 14.3. The van der Waals surface area contributed by atoms with Crippen LogP contribution in [0.25, 0.3) is 0 Å². The monoisotopic (exact) mass is 522 g/mol. The Labute approximate surface area is 216 Å². The molecule has 0 saturated carbocycles. The van der Waals surface area contributed by atoms with Crippen molar-refractivity contribution in [2.24, 2.45) is 5.41 Å². The number of fused-ring (bicyclic) bond motifs is 1. The Balaban J connectivity index is 1.45. The van der Waals surface area contributed by atoms with Gasteiger partial charge in [-0.3, -0.25) is 9.69 Å². The molecule has 1 amide bonds. The molecule has 7 nitrogen and oxygen atoms in total. The van der Waals surface area contributed by atoms with Gasteiger partial charge in [0.05, 0.1) is 40.4 Å². The van der Waals surface area contributed by atoms with Crippen LogP contribution in [0.3, 0.4) is 0 Å². The van der Waals surface area contributed by atoms with Gasteiger partial charge in [0.1, 0.15) is 0 Å². The Morgan fingerprint density at radius 1 is 1.14 bits per heavy atom. The third-order valence-electron chi connectivity index (χ3n) is 6.26. The molecule has 0 saturated heterocycles. The van der Waals surface area contributed by atoms with Crippen LogP contribution in [0.4, 0.5) is 5.13 Å². The van der Waals surface area contributed by atoms with Gasteiger partial charge in [-0.05, 0) is 40.8 Å². The molecular formula is C27H30N4O3S2. The van der Waals surface area contributed by atoms with Crippen molar-refractivity contribution in [2.75, 3.05) is 11.1 Å². The quantitative estimate of drug-likeness (QED) is 0.463. The average Bonchev–Trinajstić information content (AvgIpc) is 3.35. The highest BCUT2D eigenvalue weighted by atomic mass is 32.2. The van der Waals surface area contributed by atoms with Gasteiger partial charge in [-0.25, -0.2) is 13.4 Å². The zero-order chi connectivity index (χ0) is 26.1. The summed E-state index contributed by atoms with van der Waals surface area (Å²) in [5.41, 5.74) is 3.48. The van der Waals surface area contributed by atoms with Crippen LogP contribution >= 0.6 is 11.3 Å². The molecule has 1 N–H and O–H groups in total. The van der Waals surface area contributed by atoms with E-state index in [0.717, 1.165) is 34.8 Å². The number of nitrogens with one attached hydrogen (secondary N) is 1. The van der Waals surface area contributed by atoms with Gasteiger partial charge in [0.25, 0.3) is 0 Å².